The Hall–Kier alpha value is -0.400. The van der Waals surface area contributed by atoms with Gasteiger partial charge in [0.2, 0.25) is 0 Å². The molecule has 0 saturated heterocycles. The van der Waals surface area contributed by atoms with Crippen LogP contribution in [0.15, 0.2) is 10.2 Å². The lowest BCUT2D eigenvalue weighted by Gasteiger charge is -2.51. The second kappa shape index (κ2) is 6.58. The lowest BCUT2D eigenvalue weighted by atomic mass is 9.65. The molecule has 2 nitrogen and oxygen atoms in total. The lowest BCUT2D eigenvalue weighted by molar-refractivity contribution is 0.0792. The van der Waals surface area contributed by atoms with E-state index in [2.05, 4.69) is 0 Å². The second-order valence-electron chi connectivity index (χ2n) is 7.51. The topological polar surface area (TPSA) is 24.7 Å². The maximum atomic E-state index is 4.81. The van der Waals surface area contributed by atoms with Crippen LogP contribution in [-0.4, -0.2) is 11.1 Å². The Bertz CT molecular complexity index is 282. The summed E-state index contributed by atoms with van der Waals surface area (Å²) in [6.45, 7) is 0. The number of hydrogen-bond acceptors (Lipinski definition) is 2. The highest BCUT2D eigenvalue weighted by Gasteiger charge is 2.56. The standard InChI is InChI=1S/C18H32N2/c1-2-6-10-14-17(13-9-5-1)18(20-19-17)15-11-7-3-4-8-12-16-18/h1-16H2. The molecule has 3 aliphatic rings. The van der Waals surface area contributed by atoms with E-state index in [0.29, 0.717) is 0 Å². The van der Waals surface area contributed by atoms with E-state index in [1.165, 1.54) is 103 Å². The monoisotopic (exact) mass is 276 g/mol. The first-order valence-corrected chi connectivity index (χ1v) is 9.31. The summed E-state index contributed by atoms with van der Waals surface area (Å²) in [6.07, 6.45) is 22.4. The summed E-state index contributed by atoms with van der Waals surface area (Å²) < 4.78 is 0. The van der Waals surface area contributed by atoms with Crippen molar-refractivity contribution in [2.45, 2.75) is 114 Å². The number of nitrogens with zero attached hydrogens (tertiary/aromatic N) is 2. The van der Waals surface area contributed by atoms with Crippen LogP contribution in [0.1, 0.15) is 103 Å². The zero-order valence-electron chi connectivity index (χ0n) is 13.2. The van der Waals surface area contributed by atoms with Gasteiger partial charge in [-0.2, -0.15) is 10.2 Å². The Labute approximate surface area is 124 Å². The van der Waals surface area contributed by atoms with Crippen molar-refractivity contribution in [3.05, 3.63) is 0 Å². The molecule has 0 aromatic carbocycles. The third-order valence-electron chi connectivity index (χ3n) is 6.16. The molecule has 114 valence electrons. The van der Waals surface area contributed by atoms with Crippen LogP contribution in [0, 0.1) is 0 Å². The highest BCUT2D eigenvalue weighted by Crippen LogP contribution is 2.53. The van der Waals surface area contributed by atoms with Gasteiger partial charge in [-0.15, -0.1) is 0 Å². The van der Waals surface area contributed by atoms with Gasteiger partial charge in [0.15, 0.2) is 0 Å². The normalized spacial score (nSPS) is 30.4. The van der Waals surface area contributed by atoms with Crippen molar-refractivity contribution in [2.24, 2.45) is 10.2 Å². The molecule has 0 N–H and O–H groups in total. The van der Waals surface area contributed by atoms with Gasteiger partial charge in [-0.25, -0.2) is 0 Å². The summed E-state index contributed by atoms with van der Waals surface area (Å²) in [5.74, 6) is 0. The van der Waals surface area contributed by atoms with Gasteiger partial charge in [0.05, 0.1) is 0 Å². The van der Waals surface area contributed by atoms with E-state index in [4.69, 9.17) is 10.2 Å². The Balaban J connectivity index is 1.74. The van der Waals surface area contributed by atoms with E-state index >= 15 is 0 Å². The summed E-state index contributed by atoms with van der Waals surface area (Å²) in [5, 5.41) is 9.62. The molecule has 2 spiro atoms. The summed E-state index contributed by atoms with van der Waals surface area (Å²) in [4.78, 5) is 0. The molecule has 20 heavy (non-hydrogen) atoms. The zero-order valence-corrected chi connectivity index (χ0v) is 13.2. The zero-order chi connectivity index (χ0) is 13.7. The van der Waals surface area contributed by atoms with Gasteiger partial charge >= 0.3 is 0 Å². The fourth-order valence-corrected chi connectivity index (χ4v) is 4.80. The predicted molar refractivity (Wildman–Crippen MR) is 84.2 cm³/mol. The molecule has 0 amide bonds. The van der Waals surface area contributed by atoms with Crippen LogP contribution in [-0.2, 0) is 0 Å². The molecular weight excluding hydrogens is 244 g/mol. The van der Waals surface area contributed by atoms with Gasteiger partial charge < -0.3 is 0 Å². The summed E-state index contributed by atoms with van der Waals surface area (Å²) >= 11 is 0. The van der Waals surface area contributed by atoms with Crippen LogP contribution in [0.4, 0.5) is 0 Å². The van der Waals surface area contributed by atoms with Crippen LogP contribution >= 0.6 is 0 Å². The average molecular weight is 276 g/mol. The number of rotatable bonds is 0. The molecule has 0 radical (unpaired) electrons. The predicted octanol–water partition coefficient (Wildman–Crippen LogP) is 6.20. The smallest absolute Gasteiger partial charge is 0.108 e. The molecule has 0 aromatic rings. The second-order valence-corrected chi connectivity index (χ2v) is 7.51. The minimum Gasteiger partial charge on any atom is -0.184 e. The first-order valence-electron chi connectivity index (χ1n) is 9.31. The SMILES string of the molecule is C1CCCCC2(CCC1)N=NC21CCCCCCCC1. The fraction of sp³-hybridized carbons (Fsp3) is 1.00. The fourth-order valence-electron chi connectivity index (χ4n) is 4.80. The van der Waals surface area contributed by atoms with E-state index in [1.54, 1.807) is 0 Å². The molecule has 1 aliphatic heterocycles. The van der Waals surface area contributed by atoms with E-state index in [1.807, 2.05) is 0 Å². The maximum absolute atomic E-state index is 4.81. The van der Waals surface area contributed by atoms with E-state index in [9.17, 15) is 0 Å². The minimum atomic E-state index is 0.266. The average Bonchev–Trinajstić information content (AvgIpc) is 2.67. The Morgan fingerprint density at radius 1 is 0.350 bits per heavy atom. The van der Waals surface area contributed by atoms with Crippen LogP contribution < -0.4 is 0 Å². The van der Waals surface area contributed by atoms with E-state index < -0.39 is 0 Å². The van der Waals surface area contributed by atoms with Crippen molar-refractivity contribution < 1.29 is 0 Å². The van der Waals surface area contributed by atoms with Crippen molar-refractivity contribution in [2.75, 3.05) is 0 Å². The summed E-state index contributed by atoms with van der Waals surface area (Å²) in [6, 6.07) is 0. The highest BCUT2D eigenvalue weighted by molar-refractivity contribution is 5.15. The Kier molecular flexibility index (Phi) is 4.78. The van der Waals surface area contributed by atoms with Crippen LogP contribution in [0.25, 0.3) is 0 Å². The van der Waals surface area contributed by atoms with Gasteiger partial charge in [0.1, 0.15) is 11.1 Å². The molecule has 0 aromatic heterocycles. The first kappa shape index (κ1) is 14.5. The summed E-state index contributed by atoms with van der Waals surface area (Å²) in [7, 11) is 0. The third-order valence-corrected chi connectivity index (χ3v) is 6.16. The van der Waals surface area contributed by atoms with Gasteiger partial charge in [-0.1, -0.05) is 77.0 Å². The largest absolute Gasteiger partial charge is 0.184 e. The Morgan fingerprint density at radius 3 is 0.850 bits per heavy atom. The third kappa shape index (κ3) is 2.80. The van der Waals surface area contributed by atoms with Crippen molar-refractivity contribution in [1.29, 1.82) is 0 Å². The molecule has 2 fully saturated rings. The highest BCUT2D eigenvalue weighted by atomic mass is 15.3. The molecule has 0 unspecified atom stereocenters. The Morgan fingerprint density at radius 2 is 0.600 bits per heavy atom. The molecule has 0 bridgehead atoms. The molecule has 2 aliphatic carbocycles. The molecule has 2 heteroatoms. The van der Waals surface area contributed by atoms with Crippen LogP contribution in [0.3, 0.4) is 0 Å². The number of azo groups is 1. The van der Waals surface area contributed by atoms with Gasteiger partial charge in [-0.3, -0.25) is 0 Å². The number of fused-ring (bicyclic) bond motifs is 1. The van der Waals surface area contributed by atoms with Crippen LogP contribution in [0.5, 0.6) is 0 Å². The summed E-state index contributed by atoms with van der Waals surface area (Å²) in [5.41, 5.74) is 0.531. The van der Waals surface area contributed by atoms with Gasteiger partial charge in [0, 0.05) is 0 Å². The van der Waals surface area contributed by atoms with Crippen molar-refractivity contribution in [3.63, 3.8) is 0 Å². The van der Waals surface area contributed by atoms with Crippen molar-refractivity contribution in [3.8, 4) is 0 Å². The number of hydrogen-bond donors (Lipinski definition) is 0. The van der Waals surface area contributed by atoms with Crippen molar-refractivity contribution in [1.82, 2.24) is 0 Å². The molecule has 3 rings (SSSR count). The lowest BCUT2D eigenvalue weighted by Crippen LogP contribution is -2.57. The molecule has 1 heterocycles. The molecule has 2 saturated carbocycles. The molecule has 0 atom stereocenters. The first-order chi connectivity index (χ1) is 9.87. The van der Waals surface area contributed by atoms with Gasteiger partial charge in [-0.05, 0) is 25.7 Å². The van der Waals surface area contributed by atoms with Gasteiger partial charge in [0.25, 0.3) is 0 Å². The van der Waals surface area contributed by atoms with Crippen molar-refractivity contribution >= 4 is 0 Å². The minimum absolute atomic E-state index is 0.266. The van der Waals surface area contributed by atoms with E-state index in [-0.39, 0.29) is 11.1 Å². The van der Waals surface area contributed by atoms with E-state index in [0.717, 1.165) is 0 Å². The molecular formula is C18H32N2. The quantitative estimate of drug-likeness (QED) is 0.503. The maximum Gasteiger partial charge on any atom is 0.108 e. The van der Waals surface area contributed by atoms with Crippen LogP contribution in [0.2, 0.25) is 0 Å².